The Morgan fingerprint density at radius 2 is 1.86 bits per heavy atom. The van der Waals surface area contributed by atoms with E-state index in [0.29, 0.717) is 30.3 Å². The van der Waals surface area contributed by atoms with Gasteiger partial charge in [-0.05, 0) is 31.2 Å². The molecule has 6 nitrogen and oxygen atoms in total. The number of methoxy groups -OCH3 is 2. The largest absolute Gasteiger partial charge is 0.493 e. The van der Waals surface area contributed by atoms with E-state index in [2.05, 4.69) is 9.97 Å². The van der Waals surface area contributed by atoms with Crippen LogP contribution in [-0.4, -0.2) is 49.6 Å². The Hall–Kier alpha value is -2.36. The van der Waals surface area contributed by atoms with Crippen molar-refractivity contribution in [1.29, 1.82) is 0 Å². The molecule has 1 aromatic carbocycles. The topological polar surface area (TPSA) is 56.7 Å². The molecule has 0 spiro atoms. The lowest BCUT2D eigenvalue weighted by atomic mass is 10.1. The predicted molar refractivity (Wildman–Crippen MR) is 104 cm³/mol. The number of ether oxygens (including phenoxy) is 3. The van der Waals surface area contributed by atoms with Gasteiger partial charge in [0.25, 0.3) is 0 Å². The fraction of sp³-hybridized carbons (Fsp3) is 0.474. The molecule has 0 aliphatic carbocycles. The Kier molecular flexibility index (Phi) is 6.61. The zero-order valence-electron chi connectivity index (χ0n) is 16.3. The van der Waals surface area contributed by atoms with Crippen molar-refractivity contribution in [1.82, 2.24) is 9.97 Å². The number of anilines is 1. The summed E-state index contributed by atoms with van der Waals surface area (Å²) in [5, 5.41) is 0.0951. The maximum absolute atomic E-state index is 13.2. The smallest absolute Gasteiger partial charge is 0.433 e. The third kappa shape index (κ3) is 5.17. The Morgan fingerprint density at radius 1 is 1.10 bits per heavy atom. The predicted octanol–water partition coefficient (Wildman–Crippen LogP) is 4.28. The van der Waals surface area contributed by atoms with E-state index in [1.54, 1.807) is 38.7 Å². The summed E-state index contributed by atoms with van der Waals surface area (Å²) in [6.45, 7) is 1.03. The normalized spacial score (nSPS) is 17.2. The summed E-state index contributed by atoms with van der Waals surface area (Å²) in [6.07, 6.45) is -1.50. The number of benzene rings is 1. The molecule has 1 fully saturated rings. The van der Waals surface area contributed by atoms with Crippen molar-refractivity contribution < 1.29 is 27.4 Å². The lowest BCUT2D eigenvalue weighted by Gasteiger charge is -2.34. The van der Waals surface area contributed by atoms with Crippen LogP contribution >= 0.6 is 11.8 Å². The zero-order chi connectivity index (χ0) is 21.0. The number of thioether (sulfide) groups is 1. The first-order valence-corrected chi connectivity index (χ1v) is 10.2. The van der Waals surface area contributed by atoms with Gasteiger partial charge < -0.3 is 19.1 Å². The summed E-state index contributed by atoms with van der Waals surface area (Å²) in [5.74, 6) is 2.01. The SMILES string of the molecule is COc1ccc(OC2CCCN(c3cc(C(F)(F)F)nc(SC)n3)C2)cc1OC. The van der Waals surface area contributed by atoms with Gasteiger partial charge >= 0.3 is 6.18 Å². The average molecular weight is 429 g/mol. The monoisotopic (exact) mass is 429 g/mol. The van der Waals surface area contributed by atoms with Crippen LogP contribution in [0.1, 0.15) is 18.5 Å². The Balaban J connectivity index is 1.77. The second-order valence-corrected chi connectivity index (χ2v) is 7.21. The Morgan fingerprint density at radius 3 is 2.52 bits per heavy atom. The van der Waals surface area contributed by atoms with Crippen molar-refractivity contribution in [3.05, 3.63) is 30.0 Å². The number of hydrogen-bond donors (Lipinski definition) is 0. The van der Waals surface area contributed by atoms with Crippen molar-refractivity contribution in [3.63, 3.8) is 0 Å². The van der Waals surface area contributed by atoms with E-state index in [0.717, 1.165) is 30.7 Å². The summed E-state index contributed by atoms with van der Waals surface area (Å²) in [5.41, 5.74) is -0.935. The summed E-state index contributed by atoms with van der Waals surface area (Å²) in [4.78, 5) is 9.66. The van der Waals surface area contributed by atoms with Gasteiger partial charge in [0.1, 0.15) is 17.7 Å². The number of rotatable bonds is 6. The van der Waals surface area contributed by atoms with Crippen LogP contribution in [0.5, 0.6) is 17.2 Å². The van der Waals surface area contributed by atoms with Crippen LogP contribution in [0.3, 0.4) is 0 Å². The number of nitrogens with zero attached hydrogens (tertiary/aromatic N) is 3. The standard InChI is InChI=1S/C19H22F3N3O3S/c1-26-14-7-6-12(9-15(14)27-2)28-13-5-4-8-25(11-13)17-10-16(19(20,21)22)23-18(24-17)29-3/h6-7,9-10,13H,4-5,8,11H2,1-3H3. The highest BCUT2D eigenvalue weighted by Gasteiger charge is 2.34. The van der Waals surface area contributed by atoms with Gasteiger partial charge in [-0.1, -0.05) is 11.8 Å². The van der Waals surface area contributed by atoms with E-state index in [1.165, 1.54) is 0 Å². The molecule has 1 unspecified atom stereocenters. The summed E-state index contributed by atoms with van der Waals surface area (Å²) < 4.78 is 56.1. The van der Waals surface area contributed by atoms with Crippen LogP contribution in [0.2, 0.25) is 0 Å². The second-order valence-electron chi connectivity index (χ2n) is 6.44. The van der Waals surface area contributed by atoms with Crippen molar-refractivity contribution in [2.24, 2.45) is 0 Å². The highest BCUT2D eigenvalue weighted by atomic mass is 32.2. The average Bonchev–Trinajstić information content (AvgIpc) is 2.72. The summed E-state index contributed by atoms with van der Waals surface area (Å²) in [7, 11) is 3.10. The van der Waals surface area contributed by atoms with E-state index in [-0.39, 0.29) is 17.1 Å². The van der Waals surface area contributed by atoms with Crippen LogP contribution in [0.4, 0.5) is 19.0 Å². The van der Waals surface area contributed by atoms with E-state index < -0.39 is 11.9 Å². The van der Waals surface area contributed by atoms with E-state index in [4.69, 9.17) is 14.2 Å². The lowest BCUT2D eigenvalue weighted by Crippen LogP contribution is -2.41. The number of alkyl halides is 3. The van der Waals surface area contributed by atoms with Gasteiger partial charge in [0.05, 0.1) is 20.8 Å². The van der Waals surface area contributed by atoms with Crippen molar-refractivity contribution in [2.75, 3.05) is 38.5 Å². The lowest BCUT2D eigenvalue weighted by molar-refractivity contribution is -0.141. The van der Waals surface area contributed by atoms with Gasteiger partial charge in [-0.25, -0.2) is 9.97 Å². The van der Waals surface area contributed by atoms with Crippen LogP contribution in [0, 0.1) is 0 Å². The summed E-state index contributed by atoms with van der Waals surface area (Å²) in [6, 6.07) is 6.26. The van der Waals surface area contributed by atoms with E-state index in [1.807, 2.05) is 4.90 Å². The second kappa shape index (κ2) is 8.98. The number of piperidine rings is 1. The molecule has 0 amide bonds. The molecule has 29 heavy (non-hydrogen) atoms. The molecule has 0 radical (unpaired) electrons. The first-order valence-electron chi connectivity index (χ1n) is 8.98. The van der Waals surface area contributed by atoms with Crippen LogP contribution in [0.15, 0.2) is 29.4 Å². The van der Waals surface area contributed by atoms with Gasteiger partial charge in [-0.3, -0.25) is 0 Å². The molecule has 2 heterocycles. The van der Waals surface area contributed by atoms with Gasteiger partial charge in [0, 0.05) is 18.7 Å². The molecule has 1 atom stereocenters. The quantitative estimate of drug-likeness (QED) is 0.502. The molecule has 158 valence electrons. The molecule has 2 aromatic rings. The minimum Gasteiger partial charge on any atom is -0.493 e. The highest BCUT2D eigenvalue weighted by Crippen LogP contribution is 2.34. The molecular weight excluding hydrogens is 407 g/mol. The number of halogens is 3. The van der Waals surface area contributed by atoms with Crippen molar-refractivity contribution in [3.8, 4) is 17.2 Å². The first kappa shape index (κ1) is 21.4. The molecule has 0 N–H and O–H groups in total. The van der Waals surface area contributed by atoms with Crippen molar-refractivity contribution >= 4 is 17.6 Å². The minimum atomic E-state index is -4.52. The molecule has 0 bridgehead atoms. The fourth-order valence-electron chi connectivity index (χ4n) is 3.14. The van der Waals surface area contributed by atoms with E-state index in [9.17, 15) is 13.2 Å². The maximum atomic E-state index is 13.2. The van der Waals surface area contributed by atoms with Crippen molar-refractivity contribution in [2.45, 2.75) is 30.3 Å². The zero-order valence-corrected chi connectivity index (χ0v) is 17.1. The molecule has 10 heteroatoms. The molecule has 3 rings (SSSR count). The van der Waals surface area contributed by atoms with E-state index >= 15 is 0 Å². The molecule has 1 aromatic heterocycles. The first-order chi connectivity index (χ1) is 13.8. The molecule has 1 aliphatic heterocycles. The highest BCUT2D eigenvalue weighted by molar-refractivity contribution is 7.98. The van der Waals surface area contributed by atoms with Crippen LogP contribution < -0.4 is 19.1 Å². The van der Waals surface area contributed by atoms with Gasteiger partial charge in [0.15, 0.2) is 22.3 Å². The van der Waals surface area contributed by atoms with Gasteiger partial charge in [0.2, 0.25) is 0 Å². The Labute approximate surface area is 171 Å². The maximum Gasteiger partial charge on any atom is 0.433 e. The summed E-state index contributed by atoms with van der Waals surface area (Å²) >= 11 is 1.08. The van der Waals surface area contributed by atoms with Gasteiger partial charge in [-0.2, -0.15) is 13.2 Å². The fourth-order valence-corrected chi connectivity index (χ4v) is 3.51. The van der Waals surface area contributed by atoms with Crippen LogP contribution in [-0.2, 0) is 6.18 Å². The molecule has 1 saturated heterocycles. The number of aromatic nitrogens is 2. The van der Waals surface area contributed by atoms with Crippen LogP contribution in [0.25, 0.3) is 0 Å². The molecular formula is C19H22F3N3O3S. The Bertz CT molecular complexity index is 851. The number of hydrogen-bond acceptors (Lipinski definition) is 7. The van der Waals surface area contributed by atoms with Gasteiger partial charge in [-0.15, -0.1) is 0 Å². The molecule has 0 saturated carbocycles. The molecule has 1 aliphatic rings. The third-order valence-electron chi connectivity index (χ3n) is 4.53. The minimum absolute atomic E-state index is 0.0951. The third-order valence-corrected chi connectivity index (χ3v) is 5.07.